The second kappa shape index (κ2) is 5.21. The van der Waals surface area contributed by atoms with Crippen LogP contribution in [0, 0.1) is 17.8 Å². The molecular weight excluding hydrogens is 134 g/mol. The minimum Gasteiger partial charge on any atom is -0.315 e. The first-order chi connectivity index (χ1) is 5.12. The predicted octanol–water partition coefficient (Wildman–Crippen LogP) is 2.04. The Hall–Kier alpha value is -0.480. The summed E-state index contributed by atoms with van der Waals surface area (Å²) in [7, 11) is 0. The molecule has 1 heteroatoms. The van der Waals surface area contributed by atoms with Crippen molar-refractivity contribution in [2.75, 3.05) is 13.1 Å². The van der Waals surface area contributed by atoms with Crippen molar-refractivity contribution in [1.29, 1.82) is 0 Å². The van der Waals surface area contributed by atoms with Crippen LogP contribution in [0.4, 0.5) is 0 Å². The zero-order chi connectivity index (χ0) is 8.74. The predicted molar refractivity (Wildman–Crippen MR) is 50.4 cm³/mol. The van der Waals surface area contributed by atoms with Crippen LogP contribution in [0.2, 0.25) is 0 Å². The van der Waals surface area contributed by atoms with E-state index < -0.39 is 0 Å². The van der Waals surface area contributed by atoms with Crippen LogP contribution in [-0.4, -0.2) is 13.1 Å². The van der Waals surface area contributed by atoms with Gasteiger partial charge in [-0.05, 0) is 11.8 Å². The fourth-order valence-corrected chi connectivity index (χ4v) is 0.712. The van der Waals surface area contributed by atoms with E-state index >= 15 is 0 Å². The van der Waals surface area contributed by atoms with Gasteiger partial charge in [0, 0.05) is 19.5 Å². The van der Waals surface area contributed by atoms with Gasteiger partial charge in [0.1, 0.15) is 0 Å². The van der Waals surface area contributed by atoms with Crippen LogP contribution in [0.1, 0.15) is 33.6 Å². The highest BCUT2D eigenvalue weighted by molar-refractivity contribution is 4.84. The lowest BCUT2D eigenvalue weighted by Crippen LogP contribution is -2.29. The molecule has 0 radical (unpaired) electrons. The van der Waals surface area contributed by atoms with Crippen molar-refractivity contribution >= 4 is 0 Å². The van der Waals surface area contributed by atoms with E-state index in [0.717, 1.165) is 19.5 Å². The van der Waals surface area contributed by atoms with Gasteiger partial charge in [0.15, 0.2) is 0 Å². The van der Waals surface area contributed by atoms with Gasteiger partial charge in [0.05, 0.1) is 0 Å². The number of nitrogens with one attached hydrogen (secondary N) is 1. The van der Waals surface area contributed by atoms with E-state index in [2.05, 4.69) is 32.0 Å². The maximum Gasteiger partial charge on any atom is 0.0211 e. The molecule has 0 rings (SSSR count). The molecule has 0 aromatic carbocycles. The Balaban J connectivity index is 3.32. The topological polar surface area (TPSA) is 12.0 Å². The Kier molecular flexibility index (Phi) is 4.98. The summed E-state index contributed by atoms with van der Waals surface area (Å²) in [6.45, 7) is 8.74. The number of hydrogen-bond donors (Lipinski definition) is 1. The maximum atomic E-state index is 5.12. The molecule has 0 aromatic heterocycles. The average Bonchev–Trinajstić information content (AvgIpc) is 1.99. The van der Waals surface area contributed by atoms with Crippen LogP contribution < -0.4 is 5.32 Å². The van der Waals surface area contributed by atoms with Crippen molar-refractivity contribution in [2.45, 2.75) is 33.6 Å². The SMILES string of the molecule is C#CCCNCC(C)(C)CC. The van der Waals surface area contributed by atoms with Crippen LogP contribution >= 0.6 is 0 Å². The molecule has 0 aliphatic carbocycles. The van der Waals surface area contributed by atoms with Crippen molar-refractivity contribution < 1.29 is 0 Å². The van der Waals surface area contributed by atoms with Gasteiger partial charge in [-0.3, -0.25) is 0 Å². The van der Waals surface area contributed by atoms with E-state index in [9.17, 15) is 0 Å². The molecule has 0 fully saturated rings. The van der Waals surface area contributed by atoms with Crippen LogP contribution in [-0.2, 0) is 0 Å². The molecule has 0 aliphatic heterocycles. The summed E-state index contributed by atoms with van der Waals surface area (Å²) in [5.74, 6) is 2.61. The van der Waals surface area contributed by atoms with Crippen molar-refractivity contribution in [3.8, 4) is 12.3 Å². The molecule has 0 spiro atoms. The molecule has 0 aromatic rings. The van der Waals surface area contributed by atoms with Crippen LogP contribution in [0.5, 0.6) is 0 Å². The lowest BCUT2D eigenvalue weighted by Gasteiger charge is -2.22. The Morgan fingerprint density at radius 2 is 2.09 bits per heavy atom. The quantitative estimate of drug-likeness (QED) is 0.471. The first-order valence-corrected chi connectivity index (χ1v) is 4.26. The van der Waals surface area contributed by atoms with Gasteiger partial charge in [-0.15, -0.1) is 12.3 Å². The molecule has 0 heterocycles. The van der Waals surface area contributed by atoms with Gasteiger partial charge < -0.3 is 5.32 Å². The monoisotopic (exact) mass is 153 g/mol. The van der Waals surface area contributed by atoms with Crippen molar-refractivity contribution in [3.05, 3.63) is 0 Å². The molecular formula is C10H19N. The molecule has 0 atom stereocenters. The summed E-state index contributed by atoms with van der Waals surface area (Å²) in [6.07, 6.45) is 7.16. The standard InChI is InChI=1S/C10H19N/c1-5-7-8-11-9-10(3,4)6-2/h1,11H,6-9H2,2-4H3. The van der Waals surface area contributed by atoms with E-state index in [1.807, 2.05) is 0 Å². The minimum atomic E-state index is 0.411. The first kappa shape index (κ1) is 10.5. The second-order valence-corrected chi connectivity index (χ2v) is 3.65. The molecule has 0 amide bonds. The number of hydrogen-bond acceptors (Lipinski definition) is 1. The van der Waals surface area contributed by atoms with Gasteiger partial charge in [0.2, 0.25) is 0 Å². The minimum absolute atomic E-state index is 0.411. The Morgan fingerprint density at radius 3 is 2.55 bits per heavy atom. The average molecular weight is 153 g/mol. The first-order valence-electron chi connectivity index (χ1n) is 4.26. The lowest BCUT2D eigenvalue weighted by atomic mass is 9.90. The summed E-state index contributed by atoms with van der Waals surface area (Å²) >= 11 is 0. The second-order valence-electron chi connectivity index (χ2n) is 3.65. The van der Waals surface area contributed by atoms with Crippen molar-refractivity contribution in [3.63, 3.8) is 0 Å². The molecule has 0 saturated carbocycles. The molecule has 1 N–H and O–H groups in total. The van der Waals surface area contributed by atoms with Gasteiger partial charge in [-0.25, -0.2) is 0 Å². The molecule has 1 nitrogen and oxygen atoms in total. The van der Waals surface area contributed by atoms with E-state index in [0.29, 0.717) is 5.41 Å². The lowest BCUT2D eigenvalue weighted by molar-refractivity contribution is 0.330. The fraction of sp³-hybridized carbons (Fsp3) is 0.800. The largest absolute Gasteiger partial charge is 0.315 e. The molecule has 0 saturated heterocycles. The van der Waals surface area contributed by atoms with Crippen LogP contribution in [0.3, 0.4) is 0 Å². The summed E-state index contributed by atoms with van der Waals surface area (Å²) in [4.78, 5) is 0. The molecule has 0 unspecified atom stereocenters. The van der Waals surface area contributed by atoms with Crippen LogP contribution in [0.25, 0.3) is 0 Å². The highest BCUT2D eigenvalue weighted by Gasteiger charge is 2.13. The summed E-state index contributed by atoms with van der Waals surface area (Å²) in [6, 6.07) is 0. The van der Waals surface area contributed by atoms with E-state index in [-0.39, 0.29) is 0 Å². The van der Waals surface area contributed by atoms with E-state index in [1.54, 1.807) is 0 Å². The Labute approximate surface area is 70.6 Å². The highest BCUT2D eigenvalue weighted by atomic mass is 14.9. The third-order valence-corrected chi connectivity index (χ3v) is 2.01. The molecule has 64 valence electrons. The normalized spacial score (nSPS) is 11.1. The van der Waals surface area contributed by atoms with Gasteiger partial charge >= 0.3 is 0 Å². The van der Waals surface area contributed by atoms with Gasteiger partial charge in [-0.1, -0.05) is 20.8 Å². The molecule has 0 bridgehead atoms. The van der Waals surface area contributed by atoms with E-state index in [4.69, 9.17) is 6.42 Å². The third-order valence-electron chi connectivity index (χ3n) is 2.01. The molecule has 11 heavy (non-hydrogen) atoms. The zero-order valence-electron chi connectivity index (χ0n) is 7.91. The van der Waals surface area contributed by atoms with Crippen molar-refractivity contribution in [2.24, 2.45) is 5.41 Å². The smallest absolute Gasteiger partial charge is 0.0211 e. The van der Waals surface area contributed by atoms with Gasteiger partial charge in [-0.2, -0.15) is 0 Å². The maximum absolute atomic E-state index is 5.12. The van der Waals surface area contributed by atoms with Gasteiger partial charge in [0.25, 0.3) is 0 Å². The fourth-order valence-electron chi connectivity index (χ4n) is 0.712. The third kappa shape index (κ3) is 5.94. The number of terminal acetylenes is 1. The van der Waals surface area contributed by atoms with Crippen LogP contribution in [0.15, 0.2) is 0 Å². The highest BCUT2D eigenvalue weighted by Crippen LogP contribution is 2.17. The van der Waals surface area contributed by atoms with E-state index in [1.165, 1.54) is 6.42 Å². The summed E-state index contributed by atoms with van der Waals surface area (Å²) in [5.41, 5.74) is 0.411. The summed E-state index contributed by atoms with van der Waals surface area (Å²) in [5, 5.41) is 3.34. The summed E-state index contributed by atoms with van der Waals surface area (Å²) < 4.78 is 0. The Morgan fingerprint density at radius 1 is 1.45 bits per heavy atom. The Bertz CT molecular complexity index is 130. The molecule has 0 aliphatic rings. The van der Waals surface area contributed by atoms with Crippen molar-refractivity contribution in [1.82, 2.24) is 5.32 Å². The zero-order valence-corrected chi connectivity index (χ0v) is 7.91. The number of rotatable bonds is 5.